The first kappa shape index (κ1) is 34.6. The van der Waals surface area contributed by atoms with Gasteiger partial charge in [-0.25, -0.2) is 21.2 Å². The molecule has 0 aliphatic carbocycles. The van der Waals surface area contributed by atoms with Crippen molar-refractivity contribution in [2.24, 2.45) is 0 Å². The summed E-state index contributed by atoms with van der Waals surface area (Å²) in [7, 11) is -7.27. The highest BCUT2D eigenvalue weighted by molar-refractivity contribution is 7.89. The molecule has 2 saturated heterocycles. The topological polar surface area (TPSA) is 144 Å². The number of fused-ring (bicyclic) bond motifs is 2. The molecular formula is C35H38FN5O6S2. The van der Waals surface area contributed by atoms with Gasteiger partial charge in [0.15, 0.2) is 0 Å². The molecule has 14 heteroatoms. The molecule has 5 aromatic rings. The smallest absolute Gasteiger partial charge is 0.243 e. The first-order chi connectivity index (χ1) is 23.4. The van der Waals surface area contributed by atoms with Crippen molar-refractivity contribution in [3.63, 3.8) is 0 Å². The number of pyridine rings is 2. The molecule has 7 rings (SSSR count). The minimum absolute atomic E-state index is 0.00340. The van der Waals surface area contributed by atoms with Gasteiger partial charge in [0, 0.05) is 68.5 Å². The van der Waals surface area contributed by atoms with Crippen molar-refractivity contribution in [3.8, 4) is 11.5 Å². The van der Waals surface area contributed by atoms with Crippen molar-refractivity contribution in [2.75, 3.05) is 32.7 Å². The summed E-state index contributed by atoms with van der Waals surface area (Å²) in [6.07, 6.45) is 4.84. The Balaban J connectivity index is 0.000000182. The molecule has 0 radical (unpaired) electrons. The average Bonchev–Trinajstić information content (AvgIpc) is 3.55. The van der Waals surface area contributed by atoms with Crippen molar-refractivity contribution in [1.29, 1.82) is 0 Å². The molecule has 2 aromatic heterocycles. The molecule has 1 unspecified atom stereocenters. The first-order valence-corrected chi connectivity index (χ1v) is 18.9. The highest BCUT2D eigenvalue weighted by atomic mass is 32.2. The van der Waals surface area contributed by atoms with E-state index in [9.17, 15) is 31.4 Å². The number of rotatable bonds is 6. The third-order valence-electron chi connectivity index (χ3n) is 9.07. The molecule has 0 spiro atoms. The molecule has 2 aliphatic rings. The van der Waals surface area contributed by atoms with Gasteiger partial charge in [-0.1, -0.05) is 12.1 Å². The van der Waals surface area contributed by atoms with E-state index < -0.39 is 20.0 Å². The van der Waals surface area contributed by atoms with Crippen molar-refractivity contribution < 1.29 is 31.4 Å². The summed E-state index contributed by atoms with van der Waals surface area (Å²) in [5, 5.41) is 20.9. The summed E-state index contributed by atoms with van der Waals surface area (Å²) < 4.78 is 68.3. The second kappa shape index (κ2) is 14.0. The van der Waals surface area contributed by atoms with Gasteiger partial charge >= 0.3 is 0 Å². The highest BCUT2D eigenvalue weighted by Gasteiger charge is 2.34. The number of benzene rings is 3. The Morgan fingerprint density at radius 3 is 2.06 bits per heavy atom. The fourth-order valence-electron chi connectivity index (χ4n) is 6.40. The summed E-state index contributed by atoms with van der Waals surface area (Å²) >= 11 is 0. The van der Waals surface area contributed by atoms with E-state index in [4.69, 9.17) is 0 Å². The standard InChI is InChI=1S/C21H22FN3O3S.C14H16N2O3S/c1-15-13-19(18-3-2-8-23-20(18)21(15)26)29(27,28)25-11-9-24(10-12-25)14-16-4-6-17(22)7-5-16;1-10-4-3-9-16(10)20(18,19)13-7-6-12(17)14-11(13)5-2-8-15-14/h2-8,13,26H,9-12,14H2,1H3;2,5-8,10,17H,3-4,9H2,1H3. The Hall–Kier alpha value is -4.21. The van der Waals surface area contributed by atoms with E-state index in [2.05, 4.69) is 14.9 Å². The number of aryl methyl sites for hydroxylation is 1. The summed E-state index contributed by atoms with van der Waals surface area (Å²) in [6, 6.07) is 17.4. The summed E-state index contributed by atoms with van der Waals surface area (Å²) in [6.45, 7) is 6.70. The van der Waals surface area contributed by atoms with Crippen molar-refractivity contribution in [2.45, 2.75) is 49.1 Å². The van der Waals surface area contributed by atoms with Gasteiger partial charge in [0.1, 0.15) is 28.3 Å². The molecule has 0 amide bonds. The number of halogens is 1. The molecule has 0 saturated carbocycles. The maximum atomic E-state index is 13.3. The Kier molecular flexibility index (Phi) is 9.87. The molecule has 3 aromatic carbocycles. The largest absolute Gasteiger partial charge is 0.506 e. The van der Waals surface area contributed by atoms with Crippen LogP contribution in [0.4, 0.5) is 4.39 Å². The van der Waals surface area contributed by atoms with Crippen LogP contribution in [0.15, 0.2) is 88.9 Å². The van der Waals surface area contributed by atoms with E-state index in [0.717, 1.165) is 18.4 Å². The van der Waals surface area contributed by atoms with Crippen LogP contribution in [-0.4, -0.2) is 89.3 Å². The van der Waals surface area contributed by atoms with Crippen LogP contribution in [0.1, 0.15) is 30.9 Å². The number of aromatic hydroxyl groups is 2. The summed E-state index contributed by atoms with van der Waals surface area (Å²) in [5.41, 5.74) is 2.08. The van der Waals surface area contributed by atoms with Gasteiger partial charge < -0.3 is 10.2 Å². The Morgan fingerprint density at radius 1 is 0.796 bits per heavy atom. The molecule has 0 bridgehead atoms. The zero-order valence-electron chi connectivity index (χ0n) is 27.2. The van der Waals surface area contributed by atoms with Crippen LogP contribution in [0.3, 0.4) is 0 Å². The number of piperazine rings is 1. The van der Waals surface area contributed by atoms with E-state index in [1.165, 1.54) is 51.3 Å². The van der Waals surface area contributed by atoms with Crippen LogP contribution in [0, 0.1) is 12.7 Å². The first-order valence-electron chi connectivity index (χ1n) is 16.0. The van der Waals surface area contributed by atoms with Gasteiger partial charge in [0.25, 0.3) is 0 Å². The molecular weight excluding hydrogens is 670 g/mol. The number of phenols is 2. The number of sulfonamides is 2. The third kappa shape index (κ3) is 6.96. The lowest BCUT2D eigenvalue weighted by Gasteiger charge is -2.34. The van der Waals surface area contributed by atoms with Crippen LogP contribution in [0.25, 0.3) is 21.8 Å². The molecule has 11 nitrogen and oxygen atoms in total. The van der Waals surface area contributed by atoms with Crippen molar-refractivity contribution in [3.05, 3.63) is 96.1 Å². The van der Waals surface area contributed by atoms with Crippen LogP contribution >= 0.6 is 0 Å². The predicted molar refractivity (Wildman–Crippen MR) is 185 cm³/mol. The van der Waals surface area contributed by atoms with Crippen LogP contribution < -0.4 is 0 Å². The maximum absolute atomic E-state index is 13.3. The average molecular weight is 708 g/mol. The van der Waals surface area contributed by atoms with Crippen molar-refractivity contribution in [1.82, 2.24) is 23.5 Å². The Bertz CT molecular complexity index is 2210. The normalized spacial score (nSPS) is 18.1. The molecule has 1 atom stereocenters. The highest BCUT2D eigenvalue weighted by Crippen LogP contribution is 2.35. The maximum Gasteiger partial charge on any atom is 0.243 e. The number of nitrogens with zero attached hydrogens (tertiary/aromatic N) is 5. The minimum Gasteiger partial charge on any atom is -0.506 e. The molecule has 2 N–H and O–H groups in total. The van der Waals surface area contributed by atoms with Gasteiger partial charge in [-0.05, 0) is 92.4 Å². The van der Waals surface area contributed by atoms with Crippen LogP contribution in [0.5, 0.6) is 11.5 Å². The SMILES string of the molecule is CC1CCCN1S(=O)(=O)c1ccc(O)c2ncccc12.Cc1cc(S(=O)(=O)N2CCN(Cc3ccc(F)cc3)CC2)c2cccnc2c1O. The molecule has 4 heterocycles. The fourth-order valence-corrected chi connectivity index (χ4v) is 9.97. The van der Waals surface area contributed by atoms with Crippen LogP contribution in [-0.2, 0) is 26.6 Å². The van der Waals surface area contributed by atoms with Gasteiger partial charge in [-0.2, -0.15) is 8.61 Å². The van der Waals surface area contributed by atoms with E-state index in [0.29, 0.717) is 66.6 Å². The Labute approximate surface area is 285 Å². The third-order valence-corrected chi connectivity index (χ3v) is 13.1. The monoisotopic (exact) mass is 707 g/mol. The van der Waals surface area contributed by atoms with E-state index in [-0.39, 0.29) is 33.1 Å². The zero-order valence-corrected chi connectivity index (χ0v) is 28.8. The van der Waals surface area contributed by atoms with E-state index in [1.54, 1.807) is 43.3 Å². The number of hydrogen-bond donors (Lipinski definition) is 2. The number of phenolic OH excluding ortho intramolecular Hbond substituents is 2. The second-order valence-electron chi connectivity index (χ2n) is 12.3. The molecule has 2 aliphatic heterocycles. The molecule has 258 valence electrons. The number of hydrogen-bond acceptors (Lipinski definition) is 9. The fraction of sp³-hybridized carbons (Fsp3) is 0.314. The van der Waals surface area contributed by atoms with Crippen LogP contribution in [0.2, 0.25) is 0 Å². The van der Waals surface area contributed by atoms with Crippen molar-refractivity contribution >= 4 is 41.9 Å². The molecule has 49 heavy (non-hydrogen) atoms. The second-order valence-corrected chi connectivity index (χ2v) is 16.1. The lowest BCUT2D eigenvalue weighted by molar-refractivity contribution is 0.181. The summed E-state index contributed by atoms with van der Waals surface area (Å²) in [4.78, 5) is 10.8. The van der Waals surface area contributed by atoms with E-state index >= 15 is 0 Å². The van der Waals surface area contributed by atoms with Gasteiger partial charge in [0.2, 0.25) is 20.0 Å². The zero-order chi connectivity index (χ0) is 34.9. The lowest BCUT2D eigenvalue weighted by Crippen LogP contribution is -2.48. The van der Waals surface area contributed by atoms with Gasteiger partial charge in [-0.15, -0.1) is 0 Å². The van der Waals surface area contributed by atoms with E-state index in [1.807, 2.05) is 6.92 Å². The minimum atomic E-state index is -3.72. The Morgan fingerprint density at radius 2 is 1.43 bits per heavy atom. The molecule has 2 fully saturated rings. The lowest BCUT2D eigenvalue weighted by atomic mass is 10.1. The number of aromatic nitrogens is 2. The quantitative estimate of drug-likeness (QED) is 0.249. The van der Waals surface area contributed by atoms with Gasteiger partial charge in [-0.3, -0.25) is 14.9 Å². The predicted octanol–water partition coefficient (Wildman–Crippen LogP) is 5.01. The summed E-state index contributed by atoms with van der Waals surface area (Å²) in [5.74, 6) is -0.270. The van der Waals surface area contributed by atoms with Gasteiger partial charge in [0.05, 0.1) is 9.79 Å².